The second-order valence-electron chi connectivity index (χ2n) is 20.4. The lowest BCUT2D eigenvalue weighted by Crippen LogP contribution is -3.00. The molecule has 1 aliphatic heterocycles. The monoisotopic (exact) mass is 969 g/mol. The summed E-state index contributed by atoms with van der Waals surface area (Å²) in [7, 11) is 0. The molecule has 0 amide bonds. The van der Waals surface area contributed by atoms with Gasteiger partial charge in [0.2, 0.25) is 11.5 Å². The third-order valence-electron chi connectivity index (χ3n) is 14.6. The van der Waals surface area contributed by atoms with Crippen molar-refractivity contribution < 1.29 is 26.1 Å². The number of oxazole rings is 1. The molecule has 382 valence electrons. The number of nitrogens with zero attached hydrogens (tertiary/aromatic N) is 2. The minimum Gasteiger partial charge on any atom is -1.00 e. The van der Waals surface area contributed by atoms with Gasteiger partial charge in [-0.05, 0) is 65.4 Å². The maximum atomic E-state index is 6.64. The number of hydrogen-bond acceptors (Lipinski definition) is 3. The SMILES string of the molecule is CCCCCCCCCCCCCCCCCCN1/C(=C/C=C/c2oc3ccc(-c4ccccc4)cc3[n+]2CCCCCCCCCCCCCCCCCC)Oc2ccc(-c3ccccc3)cc21.[Cl-]. The van der Waals surface area contributed by atoms with Crippen LogP contribution in [-0.2, 0) is 6.54 Å². The van der Waals surface area contributed by atoms with Crippen molar-refractivity contribution in [3.05, 3.63) is 121 Å². The summed E-state index contributed by atoms with van der Waals surface area (Å²) in [5.41, 5.74) is 8.16. The van der Waals surface area contributed by atoms with Crippen LogP contribution in [0.25, 0.3) is 39.4 Å². The van der Waals surface area contributed by atoms with Gasteiger partial charge >= 0.3 is 5.89 Å². The first kappa shape index (κ1) is 56.6. The molecule has 0 spiro atoms. The fraction of sp³-hybridized carbons (Fsp3) is 0.554. The van der Waals surface area contributed by atoms with Crippen LogP contribution in [0, 0.1) is 0 Å². The van der Waals surface area contributed by atoms with Crippen LogP contribution in [0.3, 0.4) is 0 Å². The summed E-state index contributed by atoms with van der Waals surface area (Å²) in [5.74, 6) is 2.71. The van der Waals surface area contributed by atoms with Crippen LogP contribution >= 0.6 is 0 Å². The molecular formula is C65H93ClN2O2. The van der Waals surface area contributed by atoms with E-state index in [-0.39, 0.29) is 12.4 Å². The number of unbranched alkanes of at least 4 members (excludes halogenated alkanes) is 30. The second-order valence-corrected chi connectivity index (χ2v) is 20.4. The van der Waals surface area contributed by atoms with Gasteiger partial charge in [-0.1, -0.05) is 273 Å². The van der Waals surface area contributed by atoms with Gasteiger partial charge in [0.15, 0.2) is 12.3 Å². The number of hydrogen-bond donors (Lipinski definition) is 0. The van der Waals surface area contributed by atoms with Gasteiger partial charge in [-0.15, -0.1) is 0 Å². The van der Waals surface area contributed by atoms with E-state index in [9.17, 15) is 0 Å². The predicted molar refractivity (Wildman–Crippen MR) is 298 cm³/mol. The Morgan fingerprint density at radius 2 is 0.871 bits per heavy atom. The number of anilines is 1. The Labute approximate surface area is 433 Å². The Balaban J connectivity index is 0.00000913. The highest BCUT2D eigenvalue weighted by Crippen LogP contribution is 2.42. The van der Waals surface area contributed by atoms with E-state index in [1.807, 2.05) is 0 Å². The van der Waals surface area contributed by atoms with E-state index in [0.29, 0.717) is 0 Å². The molecule has 0 fully saturated rings. The highest BCUT2D eigenvalue weighted by molar-refractivity contribution is 5.79. The fourth-order valence-electron chi connectivity index (χ4n) is 10.4. The maximum absolute atomic E-state index is 6.64. The Morgan fingerprint density at radius 3 is 1.36 bits per heavy atom. The Morgan fingerprint density at radius 1 is 0.443 bits per heavy atom. The molecule has 0 aliphatic carbocycles. The average molecular weight is 970 g/mol. The molecule has 0 radical (unpaired) electrons. The van der Waals surface area contributed by atoms with Crippen molar-refractivity contribution in [2.24, 2.45) is 0 Å². The molecule has 0 N–H and O–H groups in total. The molecule has 0 bridgehead atoms. The molecule has 4 nitrogen and oxygen atoms in total. The maximum Gasteiger partial charge on any atom is 0.374 e. The molecule has 5 aromatic rings. The third-order valence-corrected chi connectivity index (χ3v) is 14.6. The summed E-state index contributed by atoms with van der Waals surface area (Å²) in [6.45, 7) is 6.49. The molecule has 70 heavy (non-hydrogen) atoms. The van der Waals surface area contributed by atoms with Gasteiger partial charge in [-0.25, -0.2) is 0 Å². The van der Waals surface area contributed by atoms with Crippen LogP contribution in [0.4, 0.5) is 5.69 Å². The van der Waals surface area contributed by atoms with Crippen molar-refractivity contribution in [3.63, 3.8) is 0 Å². The van der Waals surface area contributed by atoms with Crippen LogP contribution in [0.1, 0.15) is 225 Å². The molecule has 2 heterocycles. The summed E-state index contributed by atoms with van der Waals surface area (Å²) in [6, 6.07) is 34.8. The Bertz CT molecular complexity index is 2170. The van der Waals surface area contributed by atoms with E-state index in [1.165, 1.54) is 215 Å². The number of ether oxygens (including phenoxy) is 1. The van der Waals surface area contributed by atoms with Crippen molar-refractivity contribution in [1.29, 1.82) is 0 Å². The van der Waals surface area contributed by atoms with E-state index in [2.05, 4.69) is 139 Å². The number of benzene rings is 4. The van der Waals surface area contributed by atoms with E-state index < -0.39 is 0 Å². The first-order valence-corrected chi connectivity index (χ1v) is 28.8. The molecular weight excluding hydrogens is 876 g/mol. The van der Waals surface area contributed by atoms with Crippen LogP contribution in [0.2, 0.25) is 0 Å². The predicted octanol–water partition coefficient (Wildman–Crippen LogP) is 17.3. The quantitative estimate of drug-likeness (QED) is 0.0292. The molecule has 5 heteroatoms. The molecule has 0 saturated carbocycles. The van der Waals surface area contributed by atoms with Gasteiger partial charge < -0.3 is 26.5 Å². The molecule has 1 aliphatic rings. The largest absolute Gasteiger partial charge is 1.00 e. The summed E-state index contributed by atoms with van der Waals surface area (Å²) in [5, 5.41) is 0. The molecule has 0 atom stereocenters. The summed E-state index contributed by atoms with van der Waals surface area (Å²) < 4.78 is 15.7. The molecule has 0 saturated heterocycles. The minimum absolute atomic E-state index is 0. The minimum atomic E-state index is 0. The average Bonchev–Trinajstić information content (AvgIpc) is 3.92. The number of fused-ring (bicyclic) bond motifs is 2. The standard InChI is InChI=1S/C65H93N2O2.ClH/c1-3-5-7-9-11-13-15-17-19-21-23-25-27-29-31-39-52-66-60-54-58(56-42-35-33-36-43-56)48-50-62(60)68-64(66)46-41-47-65-67(61-55-59(49-51-63(61)69-65)57-44-37-34-38-45-57)53-40-32-30-28-26-24-22-20-18-16-14-12-10-8-6-4-2;/h33-38,41-51,54-55H,3-32,39-40,52-53H2,1-2H3;1H/q+1;/p-1. The van der Waals surface area contributed by atoms with E-state index in [4.69, 9.17) is 9.15 Å². The first-order valence-electron chi connectivity index (χ1n) is 28.8. The highest BCUT2D eigenvalue weighted by atomic mass is 35.5. The number of aromatic nitrogens is 1. The summed E-state index contributed by atoms with van der Waals surface area (Å²) >= 11 is 0. The molecule has 1 aromatic heterocycles. The number of allylic oxidation sites excluding steroid dienone is 2. The highest BCUT2D eigenvalue weighted by Gasteiger charge is 2.27. The second kappa shape index (κ2) is 34.9. The van der Waals surface area contributed by atoms with E-state index in [0.717, 1.165) is 60.2 Å². The molecule has 4 aromatic carbocycles. The van der Waals surface area contributed by atoms with Crippen LogP contribution in [-0.4, -0.2) is 6.54 Å². The topological polar surface area (TPSA) is 29.5 Å². The van der Waals surface area contributed by atoms with Crippen molar-refractivity contribution in [3.8, 4) is 28.0 Å². The van der Waals surface area contributed by atoms with Crippen molar-refractivity contribution >= 4 is 22.9 Å². The van der Waals surface area contributed by atoms with Crippen LogP contribution in [0.5, 0.6) is 5.75 Å². The zero-order chi connectivity index (χ0) is 47.8. The number of rotatable bonds is 38. The van der Waals surface area contributed by atoms with Gasteiger partial charge in [0.25, 0.3) is 5.52 Å². The lowest BCUT2D eigenvalue weighted by Gasteiger charge is -2.18. The number of halogens is 1. The van der Waals surface area contributed by atoms with Crippen LogP contribution < -0.4 is 26.6 Å². The Kier molecular flexibility index (Phi) is 28.3. The number of aryl methyl sites for hydroxylation is 1. The van der Waals surface area contributed by atoms with E-state index >= 15 is 0 Å². The third kappa shape index (κ3) is 20.1. The lowest BCUT2D eigenvalue weighted by molar-refractivity contribution is -0.678. The first-order chi connectivity index (χ1) is 34.2. The zero-order valence-corrected chi connectivity index (χ0v) is 44.9. The molecule has 0 unspecified atom stereocenters. The van der Waals surface area contributed by atoms with Crippen molar-refractivity contribution in [2.75, 3.05) is 11.4 Å². The zero-order valence-electron chi connectivity index (χ0n) is 44.1. The van der Waals surface area contributed by atoms with Crippen LogP contribution in [0.15, 0.2) is 120 Å². The van der Waals surface area contributed by atoms with Crippen molar-refractivity contribution in [1.82, 2.24) is 0 Å². The summed E-state index contributed by atoms with van der Waals surface area (Å²) in [6.07, 6.45) is 50.4. The van der Waals surface area contributed by atoms with E-state index in [1.54, 1.807) is 0 Å². The fourth-order valence-corrected chi connectivity index (χ4v) is 10.4. The van der Waals surface area contributed by atoms with Gasteiger partial charge in [0, 0.05) is 19.0 Å². The van der Waals surface area contributed by atoms with Gasteiger partial charge in [-0.2, -0.15) is 4.57 Å². The lowest BCUT2D eigenvalue weighted by atomic mass is 10.0. The van der Waals surface area contributed by atoms with Crippen molar-refractivity contribution in [2.45, 2.75) is 226 Å². The Hall–Kier alpha value is -4.28. The van der Waals surface area contributed by atoms with Gasteiger partial charge in [-0.3, -0.25) is 0 Å². The summed E-state index contributed by atoms with van der Waals surface area (Å²) in [4.78, 5) is 2.41. The smallest absolute Gasteiger partial charge is 0.374 e. The normalized spacial score (nSPS) is 12.9. The van der Waals surface area contributed by atoms with Gasteiger partial charge in [0.05, 0.1) is 11.8 Å². The van der Waals surface area contributed by atoms with Gasteiger partial charge in [0.1, 0.15) is 0 Å². The molecule has 6 rings (SSSR count).